The molecule has 0 unspecified atom stereocenters. The minimum Gasteiger partial charge on any atom is -0.451 e. The molecule has 8 heteroatoms. The van der Waals surface area contributed by atoms with Crippen LogP contribution >= 0.6 is 0 Å². The van der Waals surface area contributed by atoms with Crippen LogP contribution in [0.3, 0.4) is 0 Å². The van der Waals surface area contributed by atoms with Gasteiger partial charge in [0.2, 0.25) is 0 Å². The molecule has 0 atom stereocenters. The Morgan fingerprint density at radius 3 is 2.62 bits per heavy atom. The Bertz CT molecular complexity index is 1030. The van der Waals surface area contributed by atoms with Crippen molar-refractivity contribution >= 4 is 5.97 Å². The molecule has 4 rings (SSSR count). The van der Waals surface area contributed by atoms with Gasteiger partial charge in [-0.25, -0.2) is 13.9 Å². The first-order valence-corrected chi connectivity index (χ1v) is 9.70. The minimum absolute atomic E-state index is 0.111. The van der Waals surface area contributed by atoms with Crippen molar-refractivity contribution in [2.75, 3.05) is 0 Å². The van der Waals surface area contributed by atoms with Crippen LogP contribution in [0.1, 0.15) is 67.1 Å². The smallest absolute Gasteiger partial charge is 0.359 e. The van der Waals surface area contributed by atoms with Crippen LogP contribution < -0.4 is 0 Å². The Kier molecular flexibility index (Phi) is 4.94. The molecule has 0 saturated carbocycles. The highest BCUT2D eigenvalue weighted by Gasteiger charge is 2.27. The summed E-state index contributed by atoms with van der Waals surface area (Å²) in [6.45, 7) is 5.81. The van der Waals surface area contributed by atoms with Gasteiger partial charge in [-0.1, -0.05) is 25.9 Å². The Morgan fingerprint density at radius 1 is 1.21 bits per heavy atom. The maximum Gasteiger partial charge on any atom is 0.359 e. The van der Waals surface area contributed by atoms with E-state index in [-0.39, 0.29) is 23.7 Å². The number of fused-ring (bicyclic) bond motifs is 1. The van der Waals surface area contributed by atoms with E-state index in [1.165, 1.54) is 12.1 Å². The van der Waals surface area contributed by atoms with Gasteiger partial charge in [0.15, 0.2) is 18.1 Å². The fourth-order valence-corrected chi connectivity index (χ4v) is 3.37. The zero-order chi connectivity index (χ0) is 20.6. The lowest BCUT2D eigenvalue weighted by molar-refractivity contribution is 0.0421. The van der Waals surface area contributed by atoms with E-state index in [4.69, 9.17) is 9.26 Å². The van der Waals surface area contributed by atoms with Gasteiger partial charge in [-0.05, 0) is 49.9 Å². The first kappa shape index (κ1) is 19.3. The van der Waals surface area contributed by atoms with Crippen molar-refractivity contribution < 1.29 is 18.4 Å². The second kappa shape index (κ2) is 7.42. The summed E-state index contributed by atoms with van der Waals surface area (Å²) >= 11 is 0. The summed E-state index contributed by atoms with van der Waals surface area (Å²) in [5.41, 5.74) is 2.63. The maximum absolute atomic E-state index is 13.3. The van der Waals surface area contributed by atoms with E-state index >= 15 is 0 Å². The van der Waals surface area contributed by atoms with Gasteiger partial charge >= 0.3 is 5.97 Å². The van der Waals surface area contributed by atoms with Crippen LogP contribution in [-0.4, -0.2) is 25.9 Å². The van der Waals surface area contributed by atoms with Gasteiger partial charge < -0.3 is 9.26 Å². The van der Waals surface area contributed by atoms with Crippen molar-refractivity contribution in [2.45, 2.75) is 58.5 Å². The lowest BCUT2D eigenvalue weighted by Crippen LogP contribution is -2.13. The highest BCUT2D eigenvalue weighted by Crippen LogP contribution is 2.28. The van der Waals surface area contributed by atoms with Gasteiger partial charge in [-0.3, -0.25) is 0 Å². The number of hydrogen-bond acceptors (Lipinski definition) is 6. The van der Waals surface area contributed by atoms with Crippen LogP contribution in [0.4, 0.5) is 4.39 Å². The van der Waals surface area contributed by atoms with Gasteiger partial charge in [0.05, 0.1) is 5.69 Å². The van der Waals surface area contributed by atoms with E-state index in [0.29, 0.717) is 11.5 Å². The van der Waals surface area contributed by atoms with E-state index in [0.717, 1.165) is 42.6 Å². The summed E-state index contributed by atoms with van der Waals surface area (Å²) < 4.78 is 25.6. The molecular weight excluding hydrogens is 375 g/mol. The maximum atomic E-state index is 13.3. The summed E-state index contributed by atoms with van der Waals surface area (Å²) in [5.74, 6) is -0.0419. The number of esters is 1. The minimum atomic E-state index is -0.528. The van der Waals surface area contributed by atoms with Crippen molar-refractivity contribution in [3.63, 3.8) is 0 Å². The Hall–Kier alpha value is -3.03. The van der Waals surface area contributed by atoms with Gasteiger partial charge in [-0.15, -0.1) is 0 Å². The predicted octanol–water partition coefficient (Wildman–Crippen LogP) is 3.93. The number of ether oxygens (including phenoxy) is 1. The molecule has 3 aromatic rings. The van der Waals surface area contributed by atoms with Crippen LogP contribution in [0.15, 0.2) is 28.8 Å². The Labute approximate surface area is 167 Å². The molecule has 0 amide bonds. The molecule has 0 radical (unpaired) electrons. The highest BCUT2D eigenvalue weighted by molar-refractivity contribution is 5.89. The zero-order valence-corrected chi connectivity index (χ0v) is 16.7. The molecule has 29 heavy (non-hydrogen) atoms. The fourth-order valence-electron chi connectivity index (χ4n) is 3.37. The molecule has 1 aliphatic carbocycles. The van der Waals surface area contributed by atoms with Gasteiger partial charge in [-0.2, -0.15) is 10.1 Å². The molecule has 0 aliphatic heterocycles. The topological polar surface area (TPSA) is 83.0 Å². The van der Waals surface area contributed by atoms with Crippen molar-refractivity contribution in [1.29, 1.82) is 0 Å². The van der Waals surface area contributed by atoms with Crippen molar-refractivity contribution in [2.24, 2.45) is 0 Å². The van der Waals surface area contributed by atoms with E-state index in [1.54, 1.807) is 16.8 Å². The third kappa shape index (κ3) is 3.92. The van der Waals surface area contributed by atoms with Gasteiger partial charge in [0, 0.05) is 16.7 Å². The van der Waals surface area contributed by atoms with Crippen molar-refractivity contribution in [3.05, 3.63) is 58.7 Å². The average molecular weight is 398 g/mol. The number of benzene rings is 1. The van der Waals surface area contributed by atoms with Crippen molar-refractivity contribution in [3.8, 4) is 5.69 Å². The Balaban J connectivity index is 1.57. The molecule has 0 bridgehead atoms. The summed E-state index contributed by atoms with van der Waals surface area (Å²) in [4.78, 5) is 17.0. The molecule has 1 aromatic carbocycles. The first-order valence-electron chi connectivity index (χ1n) is 9.70. The molecule has 0 spiro atoms. The second-order valence-corrected chi connectivity index (χ2v) is 8.21. The monoisotopic (exact) mass is 398 g/mol. The molecule has 1 aliphatic rings. The normalized spacial score (nSPS) is 13.9. The van der Waals surface area contributed by atoms with Gasteiger partial charge in [0.25, 0.3) is 5.89 Å². The van der Waals surface area contributed by atoms with Crippen LogP contribution in [0, 0.1) is 5.82 Å². The quantitative estimate of drug-likeness (QED) is 0.619. The third-order valence-electron chi connectivity index (χ3n) is 4.91. The van der Waals surface area contributed by atoms with Crippen molar-refractivity contribution in [1.82, 2.24) is 19.9 Å². The van der Waals surface area contributed by atoms with Crippen LogP contribution in [0.2, 0.25) is 0 Å². The average Bonchev–Trinajstić information content (AvgIpc) is 3.32. The highest BCUT2D eigenvalue weighted by atomic mass is 19.1. The van der Waals surface area contributed by atoms with Crippen LogP contribution in [-0.2, 0) is 29.6 Å². The lowest BCUT2D eigenvalue weighted by Gasteiger charge is -2.14. The third-order valence-corrected chi connectivity index (χ3v) is 4.91. The molecule has 2 heterocycles. The first-order chi connectivity index (χ1) is 13.8. The summed E-state index contributed by atoms with van der Waals surface area (Å²) in [6, 6.07) is 6.07. The largest absolute Gasteiger partial charge is 0.451 e. The van der Waals surface area contributed by atoms with E-state index in [1.807, 2.05) is 20.8 Å². The number of hydrogen-bond donors (Lipinski definition) is 0. The van der Waals surface area contributed by atoms with Crippen LogP contribution in [0.5, 0.6) is 0 Å². The van der Waals surface area contributed by atoms with Gasteiger partial charge in [0.1, 0.15) is 5.82 Å². The van der Waals surface area contributed by atoms with E-state index < -0.39 is 5.97 Å². The lowest BCUT2D eigenvalue weighted by atomic mass is 9.95. The summed E-state index contributed by atoms with van der Waals surface area (Å²) in [5, 5.41) is 8.43. The number of aromatic nitrogens is 4. The molecule has 0 fully saturated rings. The molecule has 0 N–H and O–H groups in total. The fraction of sp³-hybridized carbons (Fsp3) is 0.429. The number of rotatable bonds is 4. The van der Waals surface area contributed by atoms with E-state index in [9.17, 15) is 9.18 Å². The number of carbonyl (C=O) groups is 1. The molecular formula is C21H23FN4O3. The predicted molar refractivity (Wildman–Crippen MR) is 102 cm³/mol. The van der Waals surface area contributed by atoms with E-state index in [2.05, 4.69) is 15.2 Å². The second-order valence-electron chi connectivity index (χ2n) is 8.21. The molecule has 7 nitrogen and oxygen atoms in total. The Morgan fingerprint density at radius 2 is 1.93 bits per heavy atom. The SMILES string of the molecule is CC(C)(C)c1noc(COC(=O)c2nn(-c3ccc(F)cc3)c3c2CCCC3)n1. The standard InChI is InChI=1S/C21H23FN4O3/c1-21(2,3)20-23-17(29-25-20)12-28-19(27)18-15-6-4-5-7-16(15)26(24-18)14-10-8-13(22)9-11-14/h8-11H,4-7,12H2,1-3H3. The molecule has 2 aromatic heterocycles. The summed E-state index contributed by atoms with van der Waals surface area (Å²) in [7, 11) is 0. The number of nitrogens with zero attached hydrogens (tertiary/aromatic N) is 4. The van der Waals surface area contributed by atoms with Crippen LogP contribution in [0.25, 0.3) is 5.69 Å². The number of carbonyl (C=O) groups excluding carboxylic acids is 1. The zero-order valence-electron chi connectivity index (χ0n) is 16.7. The summed E-state index contributed by atoms with van der Waals surface area (Å²) in [6.07, 6.45) is 3.58. The molecule has 0 saturated heterocycles. The number of halogens is 1. The molecule has 152 valence electrons.